The zero-order valence-electron chi connectivity index (χ0n) is 21.6. The Kier molecular flexibility index (Phi) is 9.80. The lowest BCUT2D eigenvalue weighted by Crippen LogP contribution is -2.35. The Hall–Kier alpha value is -4.06. The Bertz CT molecular complexity index is 1440. The Morgan fingerprint density at radius 3 is 2.08 bits per heavy atom. The molecule has 0 bridgehead atoms. The summed E-state index contributed by atoms with van der Waals surface area (Å²) < 4.78 is 60.6. The maximum Gasteiger partial charge on any atom is 0.490 e. The second kappa shape index (κ2) is 12.9. The zero-order valence-corrected chi connectivity index (χ0v) is 22.4. The van der Waals surface area contributed by atoms with Crippen LogP contribution in [0.15, 0.2) is 77.7 Å². The predicted molar refractivity (Wildman–Crippen MR) is 144 cm³/mol. The van der Waals surface area contributed by atoms with Crippen LogP contribution in [0.1, 0.15) is 34.3 Å². The third-order valence-corrected chi connectivity index (χ3v) is 7.96. The fourth-order valence-electron chi connectivity index (χ4n) is 4.41. The maximum absolute atomic E-state index is 13.1. The lowest BCUT2D eigenvalue weighted by atomic mass is 9.90. The lowest BCUT2D eigenvalue weighted by molar-refractivity contribution is -0.192. The Labute approximate surface area is 230 Å². The predicted octanol–water partition coefficient (Wildman–Crippen LogP) is 5.59. The monoisotopic (exact) mass is 578 g/mol. The van der Waals surface area contributed by atoms with Gasteiger partial charge in [-0.2, -0.15) is 13.2 Å². The molecule has 0 radical (unpaired) electrons. The summed E-state index contributed by atoms with van der Waals surface area (Å²) in [6.45, 7) is 3.30. The van der Waals surface area contributed by atoms with Crippen LogP contribution in [-0.2, 0) is 21.2 Å². The smallest absolute Gasteiger partial charge is 0.478 e. The van der Waals surface area contributed by atoms with Crippen molar-refractivity contribution in [3.63, 3.8) is 0 Å². The zero-order chi connectivity index (χ0) is 29.5. The van der Waals surface area contributed by atoms with E-state index in [1.54, 1.807) is 37.3 Å². The number of carboxylic acid groups (broad SMARTS) is 2. The molecule has 0 aromatic heterocycles. The third-order valence-electron chi connectivity index (χ3n) is 6.44. The molecule has 0 spiro atoms. The standard InChI is InChI=1S/C26H28N2O4S.C2HF3O2/c1-19-7-5-6-10-25(19)33(31,32)27-23-18-22(26(29)30)11-12-24(23)28-15-13-21(14-16-28)17-20-8-3-2-4-9-20;3-2(4,5)1(6)7/h2-12,18,21,27H,13-17H2,1H3,(H,29,30);(H,6,7). The van der Waals surface area contributed by atoms with Crippen molar-refractivity contribution in [3.8, 4) is 0 Å². The number of aromatic carboxylic acids is 1. The van der Waals surface area contributed by atoms with Crippen LogP contribution in [0, 0.1) is 12.8 Å². The van der Waals surface area contributed by atoms with Crippen molar-refractivity contribution in [3.05, 3.63) is 89.5 Å². The number of aryl methyl sites for hydroxylation is 1. The van der Waals surface area contributed by atoms with Crippen LogP contribution >= 0.6 is 0 Å². The van der Waals surface area contributed by atoms with E-state index in [1.807, 2.05) is 6.07 Å². The summed E-state index contributed by atoms with van der Waals surface area (Å²) in [7, 11) is -3.87. The first-order valence-corrected chi connectivity index (χ1v) is 13.8. The van der Waals surface area contributed by atoms with Crippen LogP contribution in [0.5, 0.6) is 0 Å². The number of alkyl halides is 3. The number of hydrogen-bond donors (Lipinski definition) is 3. The van der Waals surface area contributed by atoms with Gasteiger partial charge in [0.2, 0.25) is 0 Å². The average molecular weight is 579 g/mol. The lowest BCUT2D eigenvalue weighted by Gasteiger charge is -2.35. The van der Waals surface area contributed by atoms with Crippen LogP contribution in [0.3, 0.4) is 0 Å². The number of hydrogen-bond acceptors (Lipinski definition) is 5. The molecule has 0 amide bonds. The van der Waals surface area contributed by atoms with Gasteiger partial charge in [0.1, 0.15) is 0 Å². The molecule has 0 aliphatic carbocycles. The highest BCUT2D eigenvalue weighted by Crippen LogP contribution is 2.33. The van der Waals surface area contributed by atoms with Gasteiger partial charge >= 0.3 is 18.1 Å². The summed E-state index contributed by atoms with van der Waals surface area (Å²) in [5.74, 6) is -3.29. The second-order valence-corrected chi connectivity index (χ2v) is 11.0. The highest BCUT2D eigenvalue weighted by Gasteiger charge is 2.38. The molecule has 1 aliphatic rings. The molecular weight excluding hydrogens is 549 g/mol. The van der Waals surface area contributed by atoms with E-state index >= 15 is 0 Å². The summed E-state index contributed by atoms with van der Waals surface area (Å²) in [6.07, 6.45) is -2.08. The fraction of sp³-hybridized carbons (Fsp3) is 0.286. The van der Waals surface area contributed by atoms with E-state index in [-0.39, 0.29) is 10.5 Å². The summed E-state index contributed by atoms with van der Waals surface area (Å²) >= 11 is 0. The van der Waals surface area contributed by atoms with Gasteiger partial charge in [-0.15, -0.1) is 0 Å². The van der Waals surface area contributed by atoms with Crippen molar-refractivity contribution in [2.75, 3.05) is 22.7 Å². The Morgan fingerprint density at radius 1 is 0.950 bits per heavy atom. The van der Waals surface area contributed by atoms with Crippen LogP contribution in [-0.4, -0.2) is 49.8 Å². The van der Waals surface area contributed by atoms with Crippen molar-refractivity contribution in [2.45, 2.75) is 37.3 Å². The highest BCUT2D eigenvalue weighted by atomic mass is 32.2. The van der Waals surface area contributed by atoms with E-state index in [4.69, 9.17) is 9.90 Å². The van der Waals surface area contributed by atoms with Crippen LogP contribution in [0.25, 0.3) is 0 Å². The van der Waals surface area contributed by atoms with E-state index in [0.717, 1.165) is 32.4 Å². The molecule has 1 heterocycles. The highest BCUT2D eigenvalue weighted by molar-refractivity contribution is 7.92. The van der Waals surface area contributed by atoms with Crippen molar-refractivity contribution < 1.29 is 41.4 Å². The molecule has 40 heavy (non-hydrogen) atoms. The first-order chi connectivity index (χ1) is 18.8. The molecular formula is C28H29F3N2O6S. The van der Waals surface area contributed by atoms with E-state index in [9.17, 15) is 31.5 Å². The number of halogens is 3. The minimum Gasteiger partial charge on any atom is -0.478 e. The average Bonchev–Trinajstić information content (AvgIpc) is 2.89. The van der Waals surface area contributed by atoms with E-state index < -0.39 is 28.1 Å². The van der Waals surface area contributed by atoms with Crippen molar-refractivity contribution in [2.24, 2.45) is 5.92 Å². The number of nitrogens with zero attached hydrogens (tertiary/aromatic N) is 1. The van der Waals surface area contributed by atoms with Gasteiger partial charge in [0.25, 0.3) is 10.0 Å². The normalized spacial score (nSPS) is 14.2. The first kappa shape index (κ1) is 30.5. The Balaban J connectivity index is 0.000000559. The van der Waals surface area contributed by atoms with E-state index in [2.05, 4.69) is 33.9 Å². The number of anilines is 2. The van der Waals surface area contributed by atoms with Crippen LogP contribution in [0.4, 0.5) is 24.5 Å². The molecule has 1 fully saturated rings. The molecule has 3 N–H and O–H groups in total. The van der Waals surface area contributed by atoms with Crippen molar-refractivity contribution in [1.82, 2.24) is 0 Å². The number of aliphatic carboxylic acids is 1. The summed E-state index contributed by atoms with van der Waals surface area (Å²) in [5.41, 5.74) is 2.99. The van der Waals surface area contributed by atoms with Gasteiger partial charge in [-0.3, -0.25) is 4.72 Å². The van der Waals surface area contributed by atoms with E-state index in [1.165, 1.54) is 17.7 Å². The molecule has 1 aliphatic heterocycles. The van der Waals surface area contributed by atoms with Crippen LogP contribution < -0.4 is 9.62 Å². The van der Waals surface area contributed by atoms with Crippen molar-refractivity contribution in [1.29, 1.82) is 0 Å². The van der Waals surface area contributed by atoms with Gasteiger partial charge in [0, 0.05) is 13.1 Å². The molecule has 4 rings (SSSR count). The topological polar surface area (TPSA) is 124 Å². The summed E-state index contributed by atoms with van der Waals surface area (Å²) in [6, 6.07) is 21.8. The minimum absolute atomic E-state index is 0.0418. The van der Waals surface area contributed by atoms with E-state index in [0.29, 0.717) is 22.9 Å². The van der Waals surface area contributed by atoms with Gasteiger partial charge in [-0.1, -0.05) is 48.5 Å². The van der Waals surface area contributed by atoms with Gasteiger partial charge in [-0.05, 0) is 67.5 Å². The number of sulfonamides is 1. The molecule has 3 aromatic rings. The van der Waals surface area contributed by atoms with Gasteiger partial charge in [0.05, 0.1) is 21.8 Å². The fourth-order valence-corrected chi connectivity index (χ4v) is 5.72. The molecule has 1 saturated heterocycles. The SMILES string of the molecule is Cc1ccccc1S(=O)(=O)Nc1cc(C(=O)O)ccc1N1CCC(Cc2ccccc2)CC1.O=C(O)C(F)(F)F. The molecule has 12 heteroatoms. The molecule has 0 atom stereocenters. The maximum atomic E-state index is 13.1. The molecule has 3 aromatic carbocycles. The molecule has 8 nitrogen and oxygen atoms in total. The van der Waals surface area contributed by atoms with Crippen LogP contribution in [0.2, 0.25) is 0 Å². The third kappa shape index (κ3) is 8.22. The summed E-state index contributed by atoms with van der Waals surface area (Å²) in [4.78, 5) is 22.8. The van der Waals surface area contributed by atoms with Gasteiger partial charge in [-0.25, -0.2) is 18.0 Å². The molecule has 0 saturated carbocycles. The Morgan fingerprint density at radius 2 is 1.52 bits per heavy atom. The number of benzene rings is 3. The second-order valence-electron chi connectivity index (χ2n) is 9.33. The largest absolute Gasteiger partial charge is 0.490 e. The molecule has 214 valence electrons. The van der Waals surface area contributed by atoms with Gasteiger partial charge in [0.15, 0.2) is 0 Å². The summed E-state index contributed by atoms with van der Waals surface area (Å²) in [5, 5.41) is 16.6. The number of nitrogens with one attached hydrogen (secondary N) is 1. The minimum atomic E-state index is -5.08. The molecule has 0 unspecified atom stereocenters. The number of carbonyl (C=O) groups is 2. The first-order valence-electron chi connectivity index (χ1n) is 12.3. The number of carboxylic acids is 2. The quantitative estimate of drug-likeness (QED) is 0.334. The van der Waals surface area contributed by atoms with Crippen molar-refractivity contribution >= 4 is 33.3 Å². The number of piperidine rings is 1. The number of rotatable bonds is 7. The van der Waals surface area contributed by atoms with Gasteiger partial charge < -0.3 is 15.1 Å².